The average molecular weight is 433 g/mol. The molecule has 3 fully saturated rings. The van der Waals surface area contributed by atoms with E-state index >= 15 is 0 Å². The number of hydrogen-bond donors (Lipinski definition) is 0. The molecule has 1 saturated carbocycles. The van der Waals surface area contributed by atoms with Crippen LogP contribution in [0.2, 0.25) is 0 Å². The molecular formula is C28H36N2O2. The Labute approximate surface area is 192 Å². The summed E-state index contributed by atoms with van der Waals surface area (Å²) in [6.07, 6.45) is 8.30. The number of carbonyl (C=O) groups excluding carboxylic acids is 1. The van der Waals surface area contributed by atoms with Crippen molar-refractivity contribution in [1.29, 1.82) is 0 Å². The first-order valence-corrected chi connectivity index (χ1v) is 12.5. The average Bonchev–Trinajstić information content (AvgIpc) is 3.68. The predicted octanol–water partition coefficient (Wildman–Crippen LogP) is 4.82. The van der Waals surface area contributed by atoms with Gasteiger partial charge < -0.3 is 9.64 Å². The number of amides is 1. The molecule has 0 aromatic heterocycles. The topological polar surface area (TPSA) is 32.8 Å². The minimum absolute atomic E-state index is 0.0387. The summed E-state index contributed by atoms with van der Waals surface area (Å²) in [7, 11) is 0. The van der Waals surface area contributed by atoms with Gasteiger partial charge in [-0.1, -0.05) is 60.7 Å². The molecule has 2 aromatic carbocycles. The lowest BCUT2D eigenvalue weighted by molar-refractivity contribution is -0.150. The van der Waals surface area contributed by atoms with Gasteiger partial charge in [0.25, 0.3) is 0 Å². The molecule has 170 valence electrons. The van der Waals surface area contributed by atoms with E-state index in [4.69, 9.17) is 4.74 Å². The van der Waals surface area contributed by atoms with Crippen molar-refractivity contribution in [3.63, 3.8) is 0 Å². The number of ether oxygens (including phenoxy) is 1. The van der Waals surface area contributed by atoms with Crippen LogP contribution < -0.4 is 0 Å². The first kappa shape index (κ1) is 21.7. The van der Waals surface area contributed by atoms with Crippen molar-refractivity contribution in [3.8, 4) is 0 Å². The van der Waals surface area contributed by atoms with Crippen LogP contribution >= 0.6 is 0 Å². The van der Waals surface area contributed by atoms with Gasteiger partial charge in [0.1, 0.15) is 0 Å². The fourth-order valence-corrected chi connectivity index (χ4v) is 5.61. The van der Waals surface area contributed by atoms with Crippen molar-refractivity contribution in [3.05, 3.63) is 71.8 Å². The molecule has 2 heterocycles. The first-order valence-electron chi connectivity index (χ1n) is 12.5. The van der Waals surface area contributed by atoms with Crippen LogP contribution in [0.1, 0.15) is 56.1 Å². The summed E-state index contributed by atoms with van der Waals surface area (Å²) in [5.41, 5.74) is 2.62. The minimum Gasteiger partial charge on any atom is -0.375 e. The van der Waals surface area contributed by atoms with E-state index in [1.54, 1.807) is 0 Å². The molecule has 0 N–H and O–H groups in total. The van der Waals surface area contributed by atoms with Gasteiger partial charge in [-0.15, -0.1) is 0 Å². The summed E-state index contributed by atoms with van der Waals surface area (Å²) < 4.78 is 6.43. The fraction of sp³-hybridized carbons (Fsp3) is 0.536. The SMILES string of the molecule is O=C(CCc1ccccc1)N1CCC2(CC1)CC(N(Cc1ccccc1)C1CC1)CCO2. The van der Waals surface area contributed by atoms with Crippen LogP contribution in [0.4, 0.5) is 0 Å². The van der Waals surface area contributed by atoms with Gasteiger partial charge in [-0.05, 0) is 56.1 Å². The summed E-state index contributed by atoms with van der Waals surface area (Å²) in [4.78, 5) is 17.6. The van der Waals surface area contributed by atoms with Gasteiger partial charge in [0.15, 0.2) is 0 Å². The number of benzene rings is 2. The zero-order valence-electron chi connectivity index (χ0n) is 19.1. The van der Waals surface area contributed by atoms with Crippen molar-refractivity contribution in [1.82, 2.24) is 9.80 Å². The molecule has 5 rings (SSSR count). The molecule has 1 amide bonds. The highest BCUT2D eigenvalue weighted by Gasteiger charge is 2.44. The number of aryl methyl sites for hydroxylation is 1. The first-order chi connectivity index (χ1) is 15.7. The summed E-state index contributed by atoms with van der Waals surface area (Å²) in [5.74, 6) is 0.291. The zero-order chi connectivity index (χ0) is 21.8. The van der Waals surface area contributed by atoms with Crippen molar-refractivity contribution in [2.45, 2.75) is 75.6 Å². The maximum Gasteiger partial charge on any atom is 0.222 e. The number of carbonyl (C=O) groups is 1. The quantitative estimate of drug-likeness (QED) is 0.629. The van der Waals surface area contributed by atoms with Gasteiger partial charge in [-0.2, -0.15) is 0 Å². The molecule has 1 atom stereocenters. The van der Waals surface area contributed by atoms with Crippen LogP contribution in [0, 0.1) is 0 Å². The minimum atomic E-state index is -0.0387. The van der Waals surface area contributed by atoms with Crippen molar-refractivity contribution >= 4 is 5.91 Å². The van der Waals surface area contributed by atoms with Gasteiger partial charge in [0.2, 0.25) is 5.91 Å². The molecule has 2 saturated heterocycles. The van der Waals surface area contributed by atoms with Crippen LogP contribution in [0.3, 0.4) is 0 Å². The van der Waals surface area contributed by atoms with E-state index in [-0.39, 0.29) is 5.60 Å². The van der Waals surface area contributed by atoms with Gasteiger partial charge in [0.05, 0.1) is 5.60 Å². The molecule has 0 bridgehead atoms. The van der Waals surface area contributed by atoms with Crippen LogP contribution in [0.5, 0.6) is 0 Å². The highest BCUT2D eigenvalue weighted by atomic mass is 16.5. The zero-order valence-corrected chi connectivity index (χ0v) is 19.1. The summed E-state index contributed by atoms with van der Waals surface area (Å²) in [6.45, 7) is 3.58. The Hall–Kier alpha value is -2.17. The Morgan fingerprint density at radius 1 is 0.906 bits per heavy atom. The van der Waals surface area contributed by atoms with Crippen molar-refractivity contribution in [2.24, 2.45) is 0 Å². The Morgan fingerprint density at radius 3 is 2.22 bits per heavy atom. The molecule has 1 unspecified atom stereocenters. The highest BCUT2D eigenvalue weighted by molar-refractivity contribution is 5.76. The fourth-order valence-electron chi connectivity index (χ4n) is 5.61. The predicted molar refractivity (Wildman–Crippen MR) is 127 cm³/mol. The smallest absolute Gasteiger partial charge is 0.222 e. The number of likely N-dealkylation sites (tertiary alicyclic amines) is 1. The van der Waals surface area contributed by atoms with Crippen LogP contribution in [0.15, 0.2) is 60.7 Å². The van der Waals surface area contributed by atoms with Gasteiger partial charge in [-0.3, -0.25) is 9.69 Å². The molecule has 0 radical (unpaired) electrons. The van der Waals surface area contributed by atoms with E-state index in [1.165, 1.54) is 24.0 Å². The van der Waals surface area contributed by atoms with Crippen LogP contribution in [-0.4, -0.2) is 53.1 Å². The molecule has 1 spiro atoms. The van der Waals surface area contributed by atoms with Crippen molar-refractivity contribution < 1.29 is 9.53 Å². The maximum atomic E-state index is 12.8. The Kier molecular flexibility index (Phi) is 6.61. The Bertz CT molecular complexity index is 873. The molecule has 2 aliphatic heterocycles. The van der Waals surface area contributed by atoms with E-state index in [0.717, 1.165) is 64.4 Å². The van der Waals surface area contributed by atoms with E-state index in [9.17, 15) is 4.79 Å². The second-order valence-electron chi connectivity index (χ2n) is 9.93. The van der Waals surface area contributed by atoms with E-state index in [2.05, 4.69) is 52.3 Å². The standard InChI is InChI=1S/C28H36N2O2/c31-27(14-11-23-7-3-1-4-8-23)29-18-16-28(17-19-29)21-26(15-20-32-28)30(25-12-13-25)22-24-9-5-2-6-10-24/h1-10,25-26H,11-22H2. The summed E-state index contributed by atoms with van der Waals surface area (Å²) >= 11 is 0. The monoisotopic (exact) mass is 432 g/mol. The third kappa shape index (κ3) is 5.24. The van der Waals surface area contributed by atoms with E-state index < -0.39 is 0 Å². The highest BCUT2D eigenvalue weighted by Crippen LogP contribution is 2.40. The van der Waals surface area contributed by atoms with Crippen molar-refractivity contribution in [2.75, 3.05) is 19.7 Å². The van der Waals surface area contributed by atoms with E-state index in [0.29, 0.717) is 18.4 Å². The third-order valence-corrected chi connectivity index (χ3v) is 7.66. The third-order valence-electron chi connectivity index (χ3n) is 7.66. The maximum absolute atomic E-state index is 12.8. The number of hydrogen-bond acceptors (Lipinski definition) is 3. The van der Waals surface area contributed by atoms with Crippen LogP contribution in [-0.2, 0) is 22.5 Å². The molecule has 4 nitrogen and oxygen atoms in total. The lowest BCUT2D eigenvalue weighted by Crippen LogP contribution is -2.54. The molecule has 2 aromatic rings. The Morgan fingerprint density at radius 2 is 1.56 bits per heavy atom. The number of nitrogens with zero attached hydrogens (tertiary/aromatic N) is 2. The normalized spacial score (nSPS) is 22.9. The molecular weight excluding hydrogens is 396 g/mol. The second-order valence-corrected chi connectivity index (χ2v) is 9.93. The Balaban J connectivity index is 1.16. The second kappa shape index (κ2) is 9.76. The molecule has 3 aliphatic rings. The number of rotatable bonds is 7. The van der Waals surface area contributed by atoms with E-state index in [1.807, 2.05) is 18.2 Å². The lowest BCUT2D eigenvalue weighted by atomic mass is 9.81. The number of piperidine rings is 1. The molecule has 1 aliphatic carbocycles. The lowest BCUT2D eigenvalue weighted by Gasteiger charge is -2.48. The molecule has 4 heteroatoms. The molecule has 32 heavy (non-hydrogen) atoms. The van der Waals surface area contributed by atoms with Gasteiger partial charge in [0, 0.05) is 44.7 Å². The summed E-state index contributed by atoms with van der Waals surface area (Å²) in [5, 5.41) is 0. The van der Waals surface area contributed by atoms with Crippen LogP contribution in [0.25, 0.3) is 0 Å². The summed E-state index contributed by atoms with van der Waals surface area (Å²) in [6, 6.07) is 22.6. The van der Waals surface area contributed by atoms with Gasteiger partial charge >= 0.3 is 0 Å². The van der Waals surface area contributed by atoms with Gasteiger partial charge in [-0.25, -0.2) is 0 Å². The largest absolute Gasteiger partial charge is 0.375 e.